The number of para-hydroxylation sites is 1. The number of nitrogens with one attached hydrogen (secondary N) is 1. The average Bonchev–Trinajstić information content (AvgIpc) is 3.01. The van der Waals surface area contributed by atoms with Crippen molar-refractivity contribution in [3.63, 3.8) is 0 Å². The highest BCUT2D eigenvalue weighted by molar-refractivity contribution is 5.81. The number of amides is 1. The molecule has 1 fully saturated rings. The molecule has 0 saturated carbocycles. The summed E-state index contributed by atoms with van der Waals surface area (Å²) in [5, 5.41) is 3.02. The van der Waals surface area contributed by atoms with Gasteiger partial charge in [-0.25, -0.2) is 0 Å². The number of benzene rings is 1. The fraction of sp³-hybridized carbons (Fsp3) is 0.588. The molecule has 1 aliphatic rings. The second-order valence-electron chi connectivity index (χ2n) is 6.09. The molecule has 0 bridgehead atoms. The summed E-state index contributed by atoms with van der Waals surface area (Å²) in [6.07, 6.45) is 2.05. The van der Waals surface area contributed by atoms with Crippen molar-refractivity contribution in [3.05, 3.63) is 30.3 Å². The SMILES string of the molecule is CCC(C)C(N)C(=O)NCC1CCN(c2ccccc2)C1. The first kappa shape index (κ1) is 15.8. The molecule has 1 heterocycles. The summed E-state index contributed by atoms with van der Waals surface area (Å²) in [7, 11) is 0. The monoisotopic (exact) mass is 289 g/mol. The van der Waals surface area contributed by atoms with Gasteiger partial charge in [0.25, 0.3) is 0 Å². The van der Waals surface area contributed by atoms with Gasteiger partial charge in [-0.15, -0.1) is 0 Å². The molecule has 1 aromatic rings. The molecule has 2 rings (SSSR count). The van der Waals surface area contributed by atoms with E-state index in [1.165, 1.54) is 5.69 Å². The Bertz CT molecular complexity index is 449. The second-order valence-corrected chi connectivity index (χ2v) is 6.09. The molecule has 1 aliphatic heterocycles. The van der Waals surface area contributed by atoms with Crippen molar-refractivity contribution in [2.24, 2.45) is 17.6 Å². The van der Waals surface area contributed by atoms with Gasteiger partial charge >= 0.3 is 0 Å². The molecule has 3 unspecified atom stereocenters. The van der Waals surface area contributed by atoms with Gasteiger partial charge in [0.05, 0.1) is 6.04 Å². The fourth-order valence-corrected chi connectivity index (χ4v) is 2.75. The molecule has 116 valence electrons. The van der Waals surface area contributed by atoms with E-state index in [4.69, 9.17) is 5.73 Å². The Balaban J connectivity index is 1.77. The minimum absolute atomic E-state index is 0.0116. The molecule has 3 atom stereocenters. The van der Waals surface area contributed by atoms with Crippen molar-refractivity contribution in [1.82, 2.24) is 5.32 Å². The Morgan fingerprint density at radius 2 is 2.14 bits per heavy atom. The van der Waals surface area contributed by atoms with Crippen LogP contribution in [-0.2, 0) is 4.79 Å². The van der Waals surface area contributed by atoms with Crippen molar-refractivity contribution < 1.29 is 4.79 Å². The van der Waals surface area contributed by atoms with E-state index in [0.29, 0.717) is 5.92 Å². The summed E-state index contributed by atoms with van der Waals surface area (Å²) in [5.41, 5.74) is 7.22. The number of anilines is 1. The molecule has 3 N–H and O–H groups in total. The maximum absolute atomic E-state index is 12.0. The van der Waals surface area contributed by atoms with Crippen molar-refractivity contribution in [2.45, 2.75) is 32.7 Å². The highest BCUT2D eigenvalue weighted by Crippen LogP contribution is 2.22. The van der Waals surface area contributed by atoms with Gasteiger partial charge in [0, 0.05) is 25.3 Å². The third-order valence-electron chi connectivity index (χ3n) is 4.53. The van der Waals surface area contributed by atoms with Gasteiger partial charge in [-0.2, -0.15) is 0 Å². The molecular weight excluding hydrogens is 262 g/mol. The molecule has 1 saturated heterocycles. The topological polar surface area (TPSA) is 58.4 Å². The van der Waals surface area contributed by atoms with Gasteiger partial charge in [0.2, 0.25) is 5.91 Å². The zero-order chi connectivity index (χ0) is 15.2. The van der Waals surface area contributed by atoms with Crippen LogP contribution >= 0.6 is 0 Å². The Morgan fingerprint density at radius 3 is 2.81 bits per heavy atom. The van der Waals surface area contributed by atoms with Gasteiger partial charge < -0.3 is 16.0 Å². The Kier molecular flexibility index (Phi) is 5.62. The van der Waals surface area contributed by atoms with Crippen LogP contribution in [0.25, 0.3) is 0 Å². The summed E-state index contributed by atoms with van der Waals surface area (Å²) < 4.78 is 0. The maximum Gasteiger partial charge on any atom is 0.237 e. The molecule has 1 aromatic carbocycles. The van der Waals surface area contributed by atoms with E-state index < -0.39 is 0 Å². The van der Waals surface area contributed by atoms with E-state index in [1.807, 2.05) is 13.0 Å². The number of nitrogens with zero attached hydrogens (tertiary/aromatic N) is 1. The molecule has 0 aliphatic carbocycles. The summed E-state index contributed by atoms with van der Waals surface area (Å²) >= 11 is 0. The van der Waals surface area contributed by atoms with E-state index in [9.17, 15) is 4.79 Å². The lowest BCUT2D eigenvalue weighted by Crippen LogP contribution is -2.46. The largest absolute Gasteiger partial charge is 0.371 e. The Morgan fingerprint density at radius 1 is 1.43 bits per heavy atom. The summed E-state index contributed by atoms with van der Waals surface area (Å²) in [4.78, 5) is 14.4. The van der Waals surface area contributed by atoms with E-state index in [0.717, 1.165) is 32.5 Å². The van der Waals surface area contributed by atoms with E-state index in [-0.39, 0.29) is 17.9 Å². The molecule has 4 heteroatoms. The number of rotatable bonds is 6. The summed E-state index contributed by atoms with van der Waals surface area (Å²) in [6, 6.07) is 10.1. The number of nitrogens with two attached hydrogens (primary N) is 1. The third kappa shape index (κ3) is 4.21. The van der Waals surface area contributed by atoms with E-state index in [2.05, 4.69) is 41.4 Å². The third-order valence-corrected chi connectivity index (χ3v) is 4.53. The van der Waals surface area contributed by atoms with Gasteiger partial charge in [-0.05, 0) is 30.4 Å². The van der Waals surface area contributed by atoms with Crippen molar-refractivity contribution in [2.75, 3.05) is 24.5 Å². The zero-order valence-corrected chi connectivity index (χ0v) is 13.1. The van der Waals surface area contributed by atoms with Gasteiger partial charge in [-0.1, -0.05) is 38.5 Å². The minimum Gasteiger partial charge on any atom is -0.371 e. The number of hydrogen-bond donors (Lipinski definition) is 2. The molecule has 0 spiro atoms. The van der Waals surface area contributed by atoms with Crippen LogP contribution in [0.4, 0.5) is 5.69 Å². The standard InChI is InChI=1S/C17H27N3O/c1-3-13(2)16(18)17(21)19-11-14-9-10-20(12-14)15-7-5-4-6-8-15/h4-8,13-14,16H,3,9-12,18H2,1-2H3,(H,19,21). The van der Waals surface area contributed by atoms with Crippen LogP contribution in [-0.4, -0.2) is 31.6 Å². The van der Waals surface area contributed by atoms with Crippen molar-refractivity contribution in [3.8, 4) is 0 Å². The average molecular weight is 289 g/mol. The Hall–Kier alpha value is -1.55. The number of carbonyl (C=O) groups is 1. The first-order valence-corrected chi connectivity index (χ1v) is 7.95. The molecule has 21 heavy (non-hydrogen) atoms. The van der Waals surface area contributed by atoms with Crippen LogP contribution in [0.1, 0.15) is 26.7 Å². The number of carbonyl (C=O) groups excluding carboxylic acids is 1. The lowest BCUT2D eigenvalue weighted by molar-refractivity contribution is -0.123. The first-order chi connectivity index (χ1) is 10.1. The quantitative estimate of drug-likeness (QED) is 0.842. The fourth-order valence-electron chi connectivity index (χ4n) is 2.75. The Labute approximate surface area is 127 Å². The van der Waals surface area contributed by atoms with E-state index >= 15 is 0 Å². The lowest BCUT2D eigenvalue weighted by Gasteiger charge is -2.20. The smallest absolute Gasteiger partial charge is 0.237 e. The molecular formula is C17H27N3O. The molecule has 0 radical (unpaired) electrons. The van der Waals surface area contributed by atoms with Gasteiger partial charge in [0.15, 0.2) is 0 Å². The van der Waals surface area contributed by atoms with Crippen molar-refractivity contribution >= 4 is 11.6 Å². The summed E-state index contributed by atoms with van der Waals surface area (Å²) in [5.74, 6) is 0.732. The van der Waals surface area contributed by atoms with Crippen molar-refractivity contribution in [1.29, 1.82) is 0 Å². The highest BCUT2D eigenvalue weighted by atomic mass is 16.2. The lowest BCUT2D eigenvalue weighted by atomic mass is 9.99. The van der Waals surface area contributed by atoms with Gasteiger partial charge in [0.1, 0.15) is 0 Å². The minimum atomic E-state index is -0.387. The zero-order valence-electron chi connectivity index (χ0n) is 13.1. The summed E-state index contributed by atoms with van der Waals surface area (Å²) in [6.45, 7) is 6.88. The predicted molar refractivity (Wildman–Crippen MR) is 87.2 cm³/mol. The molecule has 4 nitrogen and oxygen atoms in total. The maximum atomic E-state index is 12.0. The van der Waals surface area contributed by atoms with Crippen LogP contribution in [0.15, 0.2) is 30.3 Å². The molecule has 1 amide bonds. The van der Waals surface area contributed by atoms with E-state index in [1.54, 1.807) is 0 Å². The number of hydrogen-bond acceptors (Lipinski definition) is 3. The van der Waals surface area contributed by atoms with Crippen LogP contribution in [0, 0.1) is 11.8 Å². The predicted octanol–water partition coefficient (Wildman–Crippen LogP) is 2.00. The highest BCUT2D eigenvalue weighted by Gasteiger charge is 2.25. The molecule has 0 aromatic heterocycles. The van der Waals surface area contributed by atoms with Crippen LogP contribution in [0.3, 0.4) is 0 Å². The van der Waals surface area contributed by atoms with Crippen LogP contribution in [0.2, 0.25) is 0 Å². The van der Waals surface area contributed by atoms with Crippen LogP contribution in [0.5, 0.6) is 0 Å². The first-order valence-electron chi connectivity index (χ1n) is 7.95. The van der Waals surface area contributed by atoms with Crippen LogP contribution < -0.4 is 16.0 Å². The second kappa shape index (κ2) is 7.46. The van der Waals surface area contributed by atoms with Gasteiger partial charge in [-0.3, -0.25) is 4.79 Å². The normalized spacial score (nSPS) is 21.1.